The second-order valence-electron chi connectivity index (χ2n) is 7.31. The summed E-state index contributed by atoms with van der Waals surface area (Å²) in [6, 6.07) is 0.316. The van der Waals surface area contributed by atoms with E-state index in [4.69, 9.17) is 4.74 Å². The topological polar surface area (TPSA) is 38.3 Å². The van der Waals surface area contributed by atoms with Crippen molar-refractivity contribution < 1.29 is 9.53 Å². The first-order chi connectivity index (χ1) is 9.78. The molecule has 0 bridgehead atoms. The number of ether oxygens (including phenoxy) is 1. The number of nitrogens with one attached hydrogen (secondary N) is 1. The van der Waals surface area contributed by atoms with Crippen LogP contribution < -0.4 is 5.32 Å². The molecule has 0 aromatic rings. The van der Waals surface area contributed by atoms with Crippen molar-refractivity contribution in [2.24, 2.45) is 5.92 Å². The van der Waals surface area contributed by atoms with E-state index in [1.54, 1.807) is 0 Å². The van der Waals surface area contributed by atoms with Gasteiger partial charge in [-0.25, -0.2) is 4.79 Å². The van der Waals surface area contributed by atoms with Crippen molar-refractivity contribution in [3.8, 4) is 0 Å². The van der Waals surface area contributed by atoms with Crippen LogP contribution >= 0.6 is 0 Å². The van der Waals surface area contributed by atoms with Gasteiger partial charge in [0.1, 0.15) is 5.60 Å². The Bertz CT molecular complexity index is 259. The molecular formula is C18H37NO2. The lowest BCUT2D eigenvalue weighted by Crippen LogP contribution is -2.40. The minimum atomic E-state index is -0.397. The van der Waals surface area contributed by atoms with Gasteiger partial charge in [-0.05, 0) is 52.4 Å². The highest BCUT2D eigenvalue weighted by atomic mass is 16.6. The second kappa shape index (κ2) is 10.9. The van der Waals surface area contributed by atoms with E-state index in [9.17, 15) is 4.79 Å². The molecule has 1 amide bonds. The van der Waals surface area contributed by atoms with E-state index in [0.717, 1.165) is 18.8 Å². The Morgan fingerprint density at radius 3 is 1.90 bits per heavy atom. The van der Waals surface area contributed by atoms with Gasteiger partial charge in [0.25, 0.3) is 0 Å². The molecule has 0 aromatic carbocycles. The third-order valence-electron chi connectivity index (χ3n) is 3.69. The Morgan fingerprint density at radius 1 is 1.05 bits per heavy atom. The van der Waals surface area contributed by atoms with Crippen LogP contribution in [0.2, 0.25) is 0 Å². The second-order valence-corrected chi connectivity index (χ2v) is 7.31. The zero-order chi connectivity index (χ0) is 16.3. The van der Waals surface area contributed by atoms with Crippen molar-refractivity contribution in [3.63, 3.8) is 0 Å². The highest BCUT2D eigenvalue weighted by molar-refractivity contribution is 5.68. The molecule has 1 fully saturated rings. The lowest BCUT2D eigenvalue weighted by atomic mass is 9.87. The number of carbonyl (C=O) groups excluding carboxylic acids is 1. The first-order valence-corrected chi connectivity index (χ1v) is 8.78. The molecule has 0 spiro atoms. The van der Waals surface area contributed by atoms with Gasteiger partial charge in [-0.3, -0.25) is 0 Å². The summed E-state index contributed by atoms with van der Waals surface area (Å²) in [6.07, 6.45) is 9.85. The molecule has 0 unspecified atom stereocenters. The minimum absolute atomic E-state index is 0.276. The number of unbranched alkanes of at least 4 members (excludes halogenated alkanes) is 3. The van der Waals surface area contributed by atoms with E-state index in [0.29, 0.717) is 6.04 Å². The van der Waals surface area contributed by atoms with Crippen LogP contribution in [0.1, 0.15) is 92.9 Å². The normalized spacial score (nSPS) is 22.0. The van der Waals surface area contributed by atoms with Crippen LogP contribution in [0.5, 0.6) is 0 Å². The summed E-state index contributed by atoms with van der Waals surface area (Å²) in [6.45, 7) is 12.4. The lowest BCUT2D eigenvalue weighted by molar-refractivity contribution is 0.0488. The number of carbonyl (C=O) groups is 1. The summed E-state index contributed by atoms with van der Waals surface area (Å²) in [4.78, 5) is 11.5. The molecule has 0 saturated heterocycles. The van der Waals surface area contributed by atoms with Crippen LogP contribution in [0.3, 0.4) is 0 Å². The van der Waals surface area contributed by atoms with Crippen LogP contribution in [-0.2, 0) is 4.74 Å². The van der Waals surface area contributed by atoms with E-state index in [2.05, 4.69) is 26.1 Å². The smallest absolute Gasteiger partial charge is 0.407 e. The molecule has 1 N–H and O–H groups in total. The number of hydrogen-bond donors (Lipinski definition) is 1. The molecule has 3 nitrogen and oxygen atoms in total. The molecule has 0 aliphatic heterocycles. The molecule has 0 radical (unpaired) electrons. The largest absolute Gasteiger partial charge is 0.444 e. The maximum Gasteiger partial charge on any atom is 0.407 e. The zero-order valence-corrected chi connectivity index (χ0v) is 15.1. The van der Waals surface area contributed by atoms with Gasteiger partial charge in [-0.1, -0.05) is 46.5 Å². The predicted octanol–water partition coefficient (Wildman–Crippen LogP) is 5.68. The van der Waals surface area contributed by atoms with Crippen molar-refractivity contribution in [2.75, 3.05) is 0 Å². The van der Waals surface area contributed by atoms with Gasteiger partial charge in [-0.15, -0.1) is 0 Å². The van der Waals surface area contributed by atoms with Crippen molar-refractivity contribution in [2.45, 2.75) is 105 Å². The molecule has 3 heteroatoms. The van der Waals surface area contributed by atoms with Gasteiger partial charge >= 0.3 is 6.09 Å². The Balaban J connectivity index is 0.000000567. The van der Waals surface area contributed by atoms with Crippen molar-refractivity contribution >= 4 is 6.09 Å². The third kappa shape index (κ3) is 12.7. The summed E-state index contributed by atoms with van der Waals surface area (Å²) >= 11 is 0. The van der Waals surface area contributed by atoms with E-state index in [1.165, 1.54) is 38.5 Å². The molecule has 21 heavy (non-hydrogen) atoms. The van der Waals surface area contributed by atoms with E-state index in [-0.39, 0.29) is 6.09 Å². The Kier molecular flexibility index (Phi) is 10.5. The maximum absolute atomic E-state index is 11.5. The molecule has 126 valence electrons. The van der Waals surface area contributed by atoms with Gasteiger partial charge in [0.15, 0.2) is 0 Å². The molecule has 1 aliphatic rings. The fourth-order valence-corrected chi connectivity index (χ4v) is 2.38. The average Bonchev–Trinajstić information content (AvgIpc) is 2.37. The van der Waals surface area contributed by atoms with E-state index in [1.807, 2.05) is 20.8 Å². The monoisotopic (exact) mass is 299 g/mol. The van der Waals surface area contributed by atoms with Crippen LogP contribution in [0.4, 0.5) is 4.79 Å². The lowest BCUT2D eigenvalue weighted by Gasteiger charge is -2.28. The number of rotatable bonds is 4. The summed E-state index contributed by atoms with van der Waals surface area (Å²) in [5.74, 6) is 0.807. The minimum Gasteiger partial charge on any atom is -0.444 e. The van der Waals surface area contributed by atoms with Crippen molar-refractivity contribution in [1.82, 2.24) is 5.32 Å². The van der Waals surface area contributed by atoms with E-state index >= 15 is 0 Å². The first kappa shape index (κ1) is 20.3. The Morgan fingerprint density at radius 2 is 1.52 bits per heavy atom. The molecule has 0 atom stereocenters. The molecular weight excluding hydrogens is 262 g/mol. The van der Waals surface area contributed by atoms with Gasteiger partial charge in [-0.2, -0.15) is 0 Å². The van der Waals surface area contributed by atoms with Crippen LogP contribution in [0.15, 0.2) is 0 Å². The zero-order valence-electron chi connectivity index (χ0n) is 15.1. The number of hydrogen-bond acceptors (Lipinski definition) is 2. The van der Waals surface area contributed by atoms with Crippen molar-refractivity contribution in [1.29, 1.82) is 0 Å². The molecule has 1 rings (SSSR count). The number of alkyl carbamates (subject to hydrolysis) is 1. The quantitative estimate of drug-likeness (QED) is 0.678. The molecule has 1 aliphatic carbocycles. The van der Waals surface area contributed by atoms with Gasteiger partial charge in [0, 0.05) is 6.04 Å². The highest BCUT2D eigenvalue weighted by Crippen LogP contribution is 2.23. The average molecular weight is 299 g/mol. The standard InChI is InChI=1S/C12H23NO2.C6H14/c1-9-5-7-10(8-6-9)13-11(14)15-12(2,3)4;1-3-5-6-4-2/h9-10H,5-8H2,1-4H3,(H,13,14);3-6H2,1-2H3. The van der Waals surface area contributed by atoms with Crippen molar-refractivity contribution in [3.05, 3.63) is 0 Å². The van der Waals surface area contributed by atoms with Gasteiger partial charge in [0.05, 0.1) is 0 Å². The molecule has 0 heterocycles. The SMILES string of the molecule is CC1CCC(NC(=O)OC(C)(C)C)CC1.CCCCCC. The first-order valence-electron chi connectivity index (χ1n) is 8.78. The summed E-state index contributed by atoms with van der Waals surface area (Å²) in [5.41, 5.74) is -0.397. The highest BCUT2D eigenvalue weighted by Gasteiger charge is 2.22. The summed E-state index contributed by atoms with van der Waals surface area (Å²) in [5, 5.41) is 2.93. The Labute approximate surface area is 132 Å². The summed E-state index contributed by atoms with van der Waals surface area (Å²) < 4.78 is 5.22. The Hall–Kier alpha value is -0.730. The predicted molar refractivity (Wildman–Crippen MR) is 90.6 cm³/mol. The fraction of sp³-hybridized carbons (Fsp3) is 0.944. The third-order valence-corrected chi connectivity index (χ3v) is 3.69. The molecule has 1 saturated carbocycles. The van der Waals surface area contributed by atoms with Crippen LogP contribution in [-0.4, -0.2) is 17.7 Å². The van der Waals surface area contributed by atoms with E-state index < -0.39 is 5.60 Å². The van der Waals surface area contributed by atoms with Crippen LogP contribution in [0.25, 0.3) is 0 Å². The molecule has 0 aromatic heterocycles. The fourth-order valence-electron chi connectivity index (χ4n) is 2.38. The maximum atomic E-state index is 11.5. The number of amides is 1. The van der Waals surface area contributed by atoms with Gasteiger partial charge < -0.3 is 10.1 Å². The summed E-state index contributed by atoms with van der Waals surface area (Å²) in [7, 11) is 0. The van der Waals surface area contributed by atoms with Crippen LogP contribution in [0, 0.1) is 5.92 Å². The van der Waals surface area contributed by atoms with Gasteiger partial charge in [0.2, 0.25) is 0 Å².